The zero-order chi connectivity index (χ0) is 26.9. The highest BCUT2D eigenvalue weighted by atomic mass is 32.2. The lowest BCUT2D eigenvalue weighted by Crippen LogP contribution is -2.50. The zero-order valence-electron chi connectivity index (χ0n) is 21.1. The molecule has 2 aromatic carbocycles. The van der Waals surface area contributed by atoms with Crippen LogP contribution in [0.3, 0.4) is 0 Å². The number of nitrogens with one attached hydrogen (secondary N) is 1. The van der Waals surface area contributed by atoms with Gasteiger partial charge in [0.15, 0.2) is 5.75 Å². The first-order valence-corrected chi connectivity index (χ1v) is 13.7. The van der Waals surface area contributed by atoms with Gasteiger partial charge in [0.1, 0.15) is 11.9 Å². The van der Waals surface area contributed by atoms with Crippen LogP contribution in [0.1, 0.15) is 37.0 Å². The summed E-state index contributed by atoms with van der Waals surface area (Å²) in [5.41, 5.74) is 0.553. The molecule has 0 bridgehead atoms. The molecule has 0 spiro atoms. The Morgan fingerprint density at radius 2 is 1.92 bits per heavy atom. The molecule has 9 nitrogen and oxygen atoms in total. The summed E-state index contributed by atoms with van der Waals surface area (Å²) in [4.78, 5) is 27.5. The van der Waals surface area contributed by atoms with Crippen LogP contribution in [0.25, 0.3) is 0 Å². The van der Waals surface area contributed by atoms with E-state index in [1.807, 2.05) is 6.92 Å². The number of carbonyl (C=O) groups excluding carboxylic acids is 2. The van der Waals surface area contributed by atoms with Crippen LogP contribution in [0.5, 0.6) is 5.75 Å². The molecule has 37 heavy (non-hydrogen) atoms. The summed E-state index contributed by atoms with van der Waals surface area (Å²) in [6, 6.07) is 8.96. The Morgan fingerprint density at radius 3 is 2.54 bits per heavy atom. The summed E-state index contributed by atoms with van der Waals surface area (Å²) >= 11 is 0. The molecule has 2 aromatic rings. The number of fused-ring (bicyclic) bond motifs is 1. The molecule has 1 heterocycles. The van der Waals surface area contributed by atoms with Crippen molar-refractivity contribution in [1.82, 2.24) is 9.21 Å². The summed E-state index contributed by atoms with van der Waals surface area (Å²) in [7, 11) is -2.55. The predicted octanol–water partition coefficient (Wildman–Crippen LogP) is 2.72. The molecule has 0 unspecified atom stereocenters. The normalized spacial score (nSPS) is 21.0. The Labute approximate surface area is 216 Å². The average Bonchev–Trinajstić information content (AvgIpc) is 3.72. The van der Waals surface area contributed by atoms with Crippen molar-refractivity contribution >= 4 is 27.5 Å². The number of para-hydroxylation sites is 1. The maximum Gasteiger partial charge on any atom is 0.258 e. The predicted molar refractivity (Wildman–Crippen MR) is 135 cm³/mol. The molecule has 0 saturated heterocycles. The van der Waals surface area contributed by atoms with E-state index in [4.69, 9.17) is 4.74 Å². The van der Waals surface area contributed by atoms with E-state index in [1.54, 1.807) is 30.0 Å². The molecule has 3 atom stereocenters. The van der Waals surface area contributed by atoms with Gasteiger partial charge in [-0.2, -0.15) is 4.31 Å². The van der Waals surface area contributed by atoms with Crippen LogP contribution in [0, 0.1) is 17.7 Å². The number of sulfonamides is 1. The highest BCUT2D eigenvalue weighted by Gasteiger charge is 2.37. The zero-order valence-corrected chi connectivity index (χ0v) is 21.9. The van der Waals surface area contributed by atoms with Crippen molar-refractivity contribution in [1.29, 1.82) is 0 Å². The van der Waals surface area contributed by atoms with Gasteiger partial charge in [0.2, 0.25) is 15.9 Å². The first kappa shape index (κ1) is 27.0. The van der Waals surface area contributed by atoms with Gasteiger partial charge >= 0.3 is 0 Å². The number of anilines is 1. The molecule has 11 heteroatoms. The van der Waals surface area contributed by atoms with Crippen molar-refractivity contribution in [2.45, 2.75) is 43.7 Å². The lowest BCUT2D eigenvalue weighted by molar-refractivity contribution is -0.117. The highest BCUT2D eigenvalue weighted by Crippen LogP contribution is 2.37. The molecule has 1 aliphatic heterocycles. The van der Waals surface area contributed by atoms with Gasteiger partial charge in [0, 0.05) is 25.4 Å². The van der Waals surface area contributed by atoms with Crippen LogP contribution < -0.4 is 10.1 Å². The van der Waals surface area contributed by atoms with Gasteiger partial charge in [-0.05, 0) is 56.2 Å². The minimum absolute atomic E-state index is 0.0570. The summed E-state index contributed by atoms with van der Waals surface area (Å²) in [5, 5.41) is 12.7. The van der Waals surface area contributed by atoms with Crippen LogP contribution in [0.4, 0.5) is 10.1 Å². The Morgan fingerprint density at radius 1 is 1.24 bits per heavy atom. The van der Waals surface area contributed by atoms with Crippen LogP contribution in [-0.2, 0) is 14.8 Å². The van der Waals surface area contributed by atoms with E-state index in [1.165, 1.54) is 19.2 Å². The van der Waals surface area contributed by atoms with E-state index >= 15 is 0 Å². The maximum atomic E-state index is 13.5. The molecule has 2 N–H and O–H groups in total. The van der Waals surface area contributed by atoms with Gasteiger partial charge in [-0.1, -0.05) is 13.0 Å². The van der Waals surface area contributed by atoms with Crippen LogP contribution in [-0.4, -0.2) is 73.4 Å². The van der Waals surface area contributed by atoms with E-state index < -0.39 is 28.0 Å². The van der Waals surface area contributed by atoms with Crippen LogP contribution in [0.15, 0.2) is 47.4 Å². The summed E-state index contributed by atoms with van der Waals surface area (Å²) < 4.78 is 47.2. The SMILES string of the molecule is C[C@H]1CN([C@@H](C)CO)C(=O)c2cccc(NC(=O)C3CC3)c2O[C@@H]1CN(C)S(=O)(=O)c1ccc(F)cc1. The van der Waals surface area contributed by atoms with Crippen molar-refractivity contribution in [2.75, 3.05) is 32.1 Å². The number of carbonyl (C=O) groups is 2. The van der Waals surface area contributed by atoms with Gasteiger partial charge in [-0.3, -0.25) is 9.59 Å². The summed E-state index contributed by atoms with van der Waals surface area (Å²) in [6.07, 6.45) is 0.891. The molecule has 1 aliphatic carbocycles. The number of benzene rings is 2. The summed E-state index contributed by atoms with van der Waals surface area (Å²) in [5.74, 6) is -1.30. The molecule has 2 aliphatic rings. The Bertz CT molecular complexity index is 1270. The Hall–Kier alpha value is -3.02. The second-order valence-electron chi connectivity index (χ2n) is 9.81. The van der Waals surface area contributed by atoms with Crippen molar-refractivity contribution in [3.63, 3.8) is 0 Å². The average molecular weight is 534 g/mol. The number of ether oxygens (including phenoxy) is 1. The van der Waals surface area contributed by atoms with Crippen molar-refractivity contribution in [3.8, 4) is 5.75 Å². The fourth-order valence-corrected chi connectivity index (χ4v) is 5.46. The quantitative estimate of drug-likeness (QED) is 0.539. The third kappa shape index (κ3) is 5.78. The number of nitrogens with zero attached hydrogens (tertiary/aromatic N) is 2. The Kier molecular flexibility index (Phi) is 7.86. The standard InChI is InChI=1S/C26H32FN3O6S/c1-16-13-30(17(2)15-31)26(33)21-5-4-6-22(28-25(32)18-7-8-18)24(21)36-23(16)14-29(3)37(34,35)20-11-9-19(27)10-12-20/h4-6,9-12,16-18,23,31H,7-8,13-15H2,1-3H3,(H,28,32)/t16-,17-,23+/m0/s1. The molecule has 0 radical (unpaired) electrons. The largest absolute Gasteiger partial charge is 0.486 e. The third-order valence-corrected chi connectivity index (χ3v) is 8.69. The van der Waals surface area contributed by atoms with Crippen molar-refractivity contribution < 1.29 is 32.2 Å². The minimum atomic E-state index is -3.96. The molecule has 0 aromatic heterocycles. The third-order valence-electron chi connectivity index (χ3n) is 6.86. The first-order valence-electron chi connectivity index (χ1n) is 12.3. The number of aliphatic hydroxyl groups excluding tert-OH is 1. The highest BCUT2D eigenvalue weighted by molar-refractivity contribution is 7.89. The number of halogens is 1. The smallest absolute Gasteiger partial charge is 0.258 e. The molecule has 1 fully saturated rings. The molecule has 1 saturated carbocycles. The van der Waals surface area contributed by atoms with Crippen molar-refractivity contribution in [3.05, 3.63) is 53.8 Å². The van der Waals surface area contributed by atoms with Crippen LogP contribution >= 0.6 is 0 Å². The first-order chi connectivity index (χ1) is 17.5. The number of amides is 2. The van der Waals surface area contributed by atoms with Gasteiger partial charge in [-0.15, -0.1) is 0 Å². The topological polar surface area (TPSA) is 116 Å². The van der Waals surface area contributed by atoms with Gasteiger partial charge < -0.3 is 20.1 Å². The van der Waals surface area contributed by atoms with Crippen LogP contribution in [0.2, 0.25) is 0 Å². The van der Waals surface area contributed by atoms with E-state index in [9.17, 15) is 27.5 Å². The number of aliphatic hydroxyl groups is 1. The molecule has 200 valence electrons. The van der Waals surface area contributed by atoms with Crippen molar-refractivity contribution in [2.24, 2.45) is 11.8 Å². The van der Waals surface area contributed by atoms with Gasteiger partial charge in [0.25, 0.3) is 5.91 Å². The van der Waals surface area contributed by atoms with E-state index in [-0.39, 0.29) is 59.6 Å². The summed E-state index contributed by atoms with van der Waals surface area (Å²) in [6.45, 7) is 3.46. The molecule has 2 amide bonds. The van der Waals surface area contributed by atoms with Gasteiger partial charge in [0.05, 0.1) is 35.3 Å². The molecular formula is C26H32FN3O6S. The van der Waals surface area contributed by atoms with E-state index in [0.29, 0.717) is 5.69 Å². The van der Waals surface area contributed by atoms with E-state index in [0.717, 1.165) is 29.3 Å². The van der Waals surface area contributed by atoms with Gasteiger partial charge in [-0.25, -0.2) is 12.8 Å². The van der Waals surface area contributed by atoms with E-state index in [2.05, 4.69) is 5.32 Å². The maximum absolute atomic E-state index is 13.5. The second-order valence-corrected chi connectivity index (χ2v) is 11.9. The fourth-order valence-electron chi connectivity index (χ4n) is 4.28. The lowest BCUT2D eigenvalue weighted by atomic mass is 9.99. The minimum Gasteiger partial charge on any atom is -0.486 e. The molecular weight excluding hydrogens is 501 g/mol. The number of hydrogen-bond acceptors (Lipinski definition) is 6. The fraction of sp³-hybridized carbons (Fsp3) is 0.462. The Balaban J connectivity index is 1.70. The number of likely N-dealkylation sites (N-methyl/N-ethyl adjacent to an activating group) is 1. The number of hydrogen-bond donors (Lipinski definition) is 2. The molecule has 4 rings (SSSR count). The second kappa shape index (κ2) is 10.8. The lowest BCUT2D eigenvalue weighted by Gasteiger charge is -2.38. The number of rotatable bonds is 8. The monoisotopic (exact) mass is 533 g/mol.